The van der Waals surface area contributed by atoms with Gasteiger partial charge in [0.25, 0.3) is 0 Å². The summed E-state index contributed by atoms with van der Waals surface area (Å²) in [5.41, 5.74) is 7.29. The second-order valence-corrected chi connectivity index (χ2v) is 6.12. The maximum absolute atomic E-state index is 10.1. The van der Waals surface area contributed by atoms with E-state index in [2.05, 4.69) is 17.9 Å². The third-order valence-corrected chi connectivity index (χ3v) is 4.27. The van der Waals surface area contributed by atoms with Crippen LogP contribution in [0.15, 0.2) is 24.3 Å². The normalized spacial score (nSPS) is 28.1. The third-order valence-electron chi connectivity index (χ3n) is 4.03. The average Bonchev–Trinajstić information content (AvgIpc) is 2.33. The fourth-order valence-electron chi connectivity index (χ4n) is 2.86. The van der Waals surface area contributed by atoms with E-state index in [9.17, 15) is 5.11 Å². The number of piperidine rings is 1. The minimum absolute atomic E-state index is 0.000859. The molecule has 1 fully saturated rings. The summed E-state index contributed by atoms with van der Waals surface area (Å²) in [5, 5.41) is 10.8. The molecule has 0 spiro atoms. The maximum atomic E-state index is 10.1. The molecular weight excluding hydrogens is 260 g/mol. The molecule has 4 heteroatoms. The molecule has 1 aromatic carbocycles. The summed E-state index contributed by atoms with van der Waals surface area (Å²) in [6, 6.07) is 7.97. The number of aliphatic hydroxyl groups is 1. The number of benzene rings is 1. The number of hydrogen-bond donors (Lipinski definition) is 2. The van der Waals surface area contributed by atoms with E-state index in [0.29, 0.717) is 12.5 Å². The standard InChI is InChI=1S/C15H23ClN2O/c1-10-6-7-18(9-14(10)19)15(11(2)17)12-4-3-5-13(16)8-12/h3-5,8,10-11,14-15,19H,6-7,9,17H2,1-2H3. The van der Waals surface area contributed by atoms with Gasteiger partial charge in [-0.25, -0.2) is 0 Å². The highest BCUT2D eigenvalue weighted by Crippen LogP contribution is 2.30. The van der Waals surface area contributed by atoms with Crippen molar-refractivity contribution in [3.63, 3.8) is 0 Å². The molecule has 0 bridgehead atoms. The van der Waals surface area contributed by atoms with E-state index >= 15 is 0 Å². The Morgan fingerprint density at radius 3 is 2.79 bits per heavy atom. The van der Waals surface area contributed by atoms with Crippen LogP contribution in [0.5, 0.6) is 0 Å². The van der Waals surface area contributed by atoms with Crippen LogP contribution >= 0.6 is 11.6 Å². The quantitative estimate of drug-likeness (QED) is 0.895. The SMILES string of the molecule is CC(N)C(c1cccc(Cl)c1)N1CCC(C)C(O)C1. The fraction of sp³-hybridized carbons (Fsp3) is 0.600. The number of nitrogens with two attached hydrogens (primary N) is 1. The van der Waals surface area contributed by atoms with E-state index in [1.807, 2.05) is 25.1 Å². The first kappa shape index (κ1) is 14.8. The molecule has 106 valence electrons. The number of aliphatic hydroxyl groups excluding tert-OH is 1. The average molecular weight is 283 g/mol. The molecule has 0 aliphatic carbocycles. The monoisotopic (exact) mass is 282 g/mol. The van der Waals surface area contributed by atoms with Crippen molar-refractivity contribution in [2.75, 3.05) is 13.1 Å². The molecule has 0 amide bonds. The van der Waals surface area contributed by atoms with Crippen LogP contribution in [0.2, 0.25) is 5.02 Å². The molecule has 0 radical (unpaired) electrons. The van der Waals surface area contributed by atoms with Crippen molar-refractivity contribution in [3.8, 4) is 0 Å². The lowest BCUT2D eigenvalue weighted by atomic mass is 9.91. The van der Waals surface area contributed by atoms with Crippen molar-refractivity contribution in [2.24, 2.45) is 11.7 Å². The van der Waals surface area contributed by atoms with Gasteiger partial charge in [0.15, 0.2) is 0 Å². The molecule has 4 atom stereocenters. The maximum Gasteiger partial charge on any atom is 0.0693 e. The summed E-state index contributed by atoms with van der Waals surface area (Å²) in [5.74, 6) is 0.365. The van der Waals surface area contributed by atoms with Crippen LogP contribution < -0.4 is 5.73 Å². The van der Waals surface area contributed by atoms with Gasteiger partial charge in [0.05, 0.1) is 6.10 Å². The molecule has 1 aliphatic heterocycles. The topological polar surface area (TPSA) is 49.5 Å². The van der Waals surface area contributed by atoms with Gasteiger partial charge in [-0.15, -0.1) is 0 Å². The summed E-state index contributed by atoms with van der Waals surface area (Å²) in [6.07, 6.45) is 0.736. The zero-order chi connectivity index (χ0) is 14.0. The molecule has 3 nitrogen and oxygen atoms in total. The molecule has 1 saturated heterocycles. The second kappa shape index (κ2) is 6.23. The number of rotatable bonds is 3. The van der Waals surface area contributed by atoms with Crippen LogP contribution in [0.3, 0.4) is 0 Å². The van der Waals surface area contributed by atoms with Gasteiger partial charge in [-0.1, -0.05) is 30.7 Å². The van der Waals surface area contributed by atoms with E-state index in [0.717, 1.165) is 23.6 Å². The van der Waals surface area contributed by atoms with Crippen molar-refractivity contribution >= 4 is 11.6 Å². The first-order chi connectivity index (χ1) is 8.99. The Bertz CT molecular complexity index is 424. The van der Waals surface area contributed by atoms with Gasteiger partial charge in [0.1, 0.15) is 0 Å². The van der Waals surface area contributed by atoms with Crippen molar-refractivity contribution < 1.29 is 5.11 Å². The van der Waals surface area contributed by atoms with Gasteiger partial charge in [-0.2, -0.15) is 0 Å². The van der Waals surface area contributed by atoms with Crippen molar-refractivity contribution in [2.45, 2.75) is 38.5 Å². The van der Waals surface area contributed by atoms with E-state index < -0.39 is 0 Å². The van der Waals surface area contributed by atoms with Gasteiger partial charge >= 0.3 is 0 Å². The van der Waals surface area contributed by atoms with E-state index in [4.69, 9.17) is 17.3 Å². The van der Waals surface area contributed by atoms with Gasteiger partial charge in [0, 0.05) is 23.7 Å². The van der Waals surface area contributed by atoms with Crippen LogP contribution in [0.25, 0.3) is 0 Å². The molecule has 2 rings (SSSR count). The number of halogens is 1. The van der Waals surface area contributed by atoms with Crippen LogP contribution in [0, 0.1) is 5.92 Å². The summed E-state index contributed by atoms with van der Waals surface area (Å²) >= 11 is 6.08. The molecule has 19 heavy (non-hydrogen) atoms. The minimum Gasteiger partial charge on any atom is -0.392 e. The van der Waals surface area contributed by atoms with E-state index in [1.165, 1.54) is 0 Å². The highest BCUT2D eigenvalue weighted by atomic mass is 35.5. The molecule has 1 heterocycles. The fourth-order valence-corrected chi connectivity index (χ4v) is 3.06. The van der Waals surface area contributed by atoms with E-state index in [-0.39, 0.29) is 18.2 Å². The van der Waals surface area contributed by atoms with Crippen molar-refractivity contribution in [1.82, 2.24) is 4.90 Å². The lowest BCUT2D eigenvalue weighted by Gasteiger charge is -2.41. The molecule has 4 unspecified atom stereocenters. The zero-order valence-electron chi connectivity index (χ0n) is 11.6. The van der Waals surface area contributed by atoms with Crippen molar-refractivity contribution in [3.05, 3.63) is 34.9 Å². The predicted octanol–water partition coefficient (Wildman–Crippen LogP) is 2.43. The molecular formula is C15H23ClN2O. The first-order valence-electron chi connectivity index (χ1n) is 6.92. The molecule has 0 aromatic heterocycles. The second-order valence-electron chi connectivity index (χ2n) is 5.69. The molecule has 0 saturated carbocycles. The first-order valence-corrected chi connectivity index (χ1v) is 7.30. The minimum atomic E-state index is -0.269. The van der Waals surface area contributed by atoms with Gasteiger partial charge in [-0.05, 0) is 43.5 Å². The third kappa shape index (κ3) is 3.48. The van der Waals surface area contributed by atoms with Crippen LogP contribution in [0.1, 0.15) is 31.9 Å². The van der Waals surface area contributed by atoms with Crippen LogP contribution in [-0.2, 0) is 0 Å². The van der Waals surface area contributed by atoms with Crippen LogP contribution in [0.4, 0.5) is 0 Å². The number of nitrogens with zero attached hydrogens (tertiary/aromatic N) is 1. The lowest BCUT2D eigenvalue weighted by Crippen LogP contribution is -2.48. The van der Waals surface area contributed by atoms with Crippen molar-refractivity contribution in [1.29, 1.82) is 0 Å². The van der Waals surface area contributed by atoms with Gasteiger partial charge in [-0.3, -0.25) is 4.90 Å². The smallest absolute Gasteiger partial charge is 0.0693 e. The lowest BCUT2D eigenvalue weighted by molar-refractivity contribution is 0.00540. The predicted molar refractivity (Wildman–Crippen MR) is 79.2 cm³/mol. The number of β-amino-alcohol motifs (C(OH)–C–C–N with tert-alkyl or cyclic N) is 1. The van der Waals surface area contributed by atoms with E-state index in [1.54, 1.807) is 0 Å². The van der Waals surface area contributed by atoms with Crippen LogP contribution in [-0.4, -0.2) is 35.2 Å². The molecule has 3 N–H and O–H groups in total. The Labute approximate surface area is 120 Å². The Balaban J connectivity index is 2.21. The largest absolute Gasteiger partial charge is 0.392 e. The summed E-state index contributed by atoms with van der Waals surface area (Å²) in [6.45, 7) is 5.76. The number of likely N-dealkylation sites (tertiary alicyclic amines) is 1. The highest BCUT2D eigenvalue weighted by Gasteiger charge is 2.31. The summed E-state index contributed by atoms with van der Waals surface area (Å²) in [7, 11) is 0. The Kier molecular flexibility index (Phi) is 4.85. The Morgan fingerprint density at radius 1 is 1.47 bits per heavy atom. The molecule has 1 aromatic rings. The summed E-state index contributed by atoms with van der Waals surface area (Å²) in [4.78, 5) is 2.28. The Hall–Kier alpha value is -0.610. The van der Waals surface area contributed by atoms with Gasteiger partial charge in [0.2, 0.25) is 0 Å². The Morgan fingerprint density at radius 2 is 2.21 bits per heavy atom. The molecule has 1 aliphatic rings. The number of hydrogen-bond acceptors (Lipinski definition) is 3. The summed E-state index contributed by atoms with van der Waals surface area (Å²) < 4.78 is 0. The van der Waals surface area contributed by atoms with Gasteiger partial charge < -0.3 is 10.8 Å². The highest BCUT2D eigenvalue weighted by molar-refractivity contribution is 6.30. The zero-order valence-corrected chi connectivity index (χ0v) is 12.3.